The average molecular weight is 233 g/mol. The predicted molar refractivity (Wildman–Crippen MR) is 51.8 cm³/mol. The van der Waals surface area contributed by atoms with Crippen LogP contribution in [0.25, 0.3) is 0 Å². The Morgan fingerprint density at radius 2 is 2.07 bits per heavy atom. The second kappa shape index (κ2) is 3.85. The average Bonchev–Trinajstić information content (AvgIpc) is 2.05. The lowest BCUT2D eigenvalue weighted by atomic mass is 10.2. The molecule has 0 fully saturated rings. The molecule has 0 heterocycles. The van der Waals surface area contributed by atoms with Crippen LogP contribution in [-0.4, -0.2) is 25.7 Å². The molecular formula is C8H8FNO4S. The van der Waals surface area contributed by atoms with Gasteiger partial charge in [-0.3, -0.25) is 4.72 Å². The van der Waals surface area contributed by atoms with Crippen LogP contribution in [0.2, 0.25) is 0 Å². The van der Waals surface area contributed by atoms with Gasteiger partial charge in [-0.1, -0.05) is 0 Å². The standard InChI is InChI=1S/C8H8FNO4S/c1-15(13,14)10-5-2-3-7(9)6(4-5)8(11)12/h2-4,10H,1H3,(H,11,12). The van der Waals surface area contributed by atoms with Crippen molar-refractivity contribution in [3.05, 3.63) is 29.6 Å². The first-order valence-electron chi connectivity index (χ1n) is 3.80. The van der Waals surface area contributed by atoms with Gasteiger partial charge >= 0.3 is 5.97 Å². The Morgan fingerprint density at radius 3 is 2.53 bits per heavy atom. The number of benzene rings is 1. The second-order valence-corrected chi connectivity index (χ2v) is 4.62. The normalized spacial score (nSPS) is 11.1. The number of sulfonamides is 1. The molecule has 5 nitrogen and oxygen atoms in total. The molecule has 0 bridgehead atoms. The Morgan fingerprint density at radius 1 is 1.47 bits per heavy atom. The van der Waals surface area contributed by atoms with E-state index < -0.39 is 27.4 Å². The summed E-state index contributed by atoms with van der Waals surface area (Å²) in [5.41, 5.74) is -0.569. The molecule has 0 aliphatic heterocycles. The highest BCUT2D eigenvalue weighted by molar-refractivity contribution is 7.92. The van der Waals surface area contributed by atoms with E-state index in [1.165, 1.54) is 0 Å². The predicted octanol–water partition coefficient (Wildman–Crippen LogP) is 0.895. The van der Waals surface area contributed by atoms with E-state index >= 15 is 0 Å². The molecule has 0 spiro atoms. The van der Waals surface area contributed by atoms with Crippen LogP contribution in [0.5, 0.6) is 0 Å². The van der Waals surface area contributed by atoms with Gasteiger partial charge in [-0.25, -0.2) is 17.6 Å². The molecule has 2 N–H and O–H groups in total. The Balaban J connectivity index is 3.14. The molecule has 1 aromatic rings. The summed E-state index contributed by atoms with van der Waals surface area (Å²) in [6, 6.07) is 2.94. The molecule has 0 aliphatic rings. The topological polar surface area (TPSA) is 83.5 Å². The minimum Gasteiger partial charge on any atom is -0.478 e. The molecule has 0 aromatic heterocycles. The van der Waals surface area contributed by atoms with E-state index in [1.807, 2.05) is 4.72 Å². The SMILES string of the molecule is CS(=O)(=O)Nc1ccc(F)c(C(=O)O)c1. The number of hydrogen-bond acceptors (Lipinski definition) is 3. The van der Waals surface area contributed by atoms with Crippen molar-refractivity contribution in [3.8, 4) is 0 Å². The number of carbonyl (C=O) groups is 1. The Hall–Kier alpha value is -1.63. The summed E-state index contributed by atoms with van der Waals surface area (Å²) in [4.78, 5) is 10.5. The summed E-state index contributed by atoms with van der Waals surface area (Å²) in [6.07, 6.45) is 0.913. The first kappa shape index (κ1) is 11.4. The van der Waals surface area contributed by atoms with Gasteiger partial charge in [-0.05, 0) is 18.2 Å². The van der Waals surface area contributed by atoms with Gasteiger partial charge in [0.05, 0.1) is 11.8 Å². The third-order valence-corrected chi connectivity index (χ3v) is 2.11. The molecule has 0 saturated carbocycles. The number of hydrogen-bond donors (Lipinski definition) is 2. The summed E-state index contributed by atoms with van der Waals surface area (Å²) >= 11 is 0. The van der Waals surface area contributed by atoms with Crippen molar-refractivity contribution in [1.82, 2.24) is 0 Å². The second-order valence-electron chi connectivity index (χ2n) is 2.87. The first-order chi connectivity index (χ1) is 6.79. The highest BCUT2D eigenvalue weighted by Crippen LogP contribution is 2.15. The van der Waals surface area contributed by atoms with Gasteiger partial charge in [0.25, 0.3) is 0 Å². The van der Waals surface area contributed by atoms with Crippen LogP contribution in [0.1, 0.15) is 10.4 Å². The van der Waals surface area contributed by atoms with Gasteiger partial charge < -0.3 is 5.11 Å². The number of halogens is 1. The minimum absolute atomic E-state index is 0.0105. The number of anilines is 1. The lowest BCUT2D eigenvalue weighted by Crippen LogP contribution is -2.10. The quantitative estimate of drug-likeness (QED) is 0.812. The van der Waals surface area contributed by atoms with Crippen LogP contribution in [0, 0.1) is 5.82 Å². The van der Waals surface area contributed by atoms with Crippen molar-refractivity contribution in [2.24, 2.45) is 0 Å². The number of aromatic carboxylic acids is 1. The molecule has 0 atom stereocenters. The molecular weight excluding hydrogens is 225 g/mol. The van der Waals surface area contributed by atoms with Gasteiger partial charge in [-0.2, -0.15) is 0 Å². The number of rotatable bonds is 3. The fourth-order valence-electron chi connectivity index (χ4n) is 0.967. The van der Waals surface area contributed by atoms with Gasteiger partial charge in [0.1, 0.15) is 5.82 Å². The summed E-state index contributed by atoms with van der Waals surface area (Å²) < 4.78 is 36.6. The van der Waals surface area contributed by atoms with Gasteiger partial charge in [0.2, 0.25) is 10.0 Å². The Kier molecular flexibility index (Phi) is 2.94. The lowest BCUT2D eigenvalue weighted by Gasteiger charge is -2.04. The zero-order valence-electron chi connectivity index (χ0n) is 7.69. The van der Waals surface area contributed by atoms with E-state index in [-0.39, 0.29) is 5.69 Å². The molecule has 15 heavy (non-hydrogen) atoms. The fourth-order valence-corrected chi connectivity index (χ4v) is 1.52. The third kappa shape index (κ3) is 3.21. The van der Waals surface area contributed by atoms with Crippen LogP contribution in [0.15, 0.2) is 18.2 Å². The van der Waals surface area contributed by atoms with E-state index in [0.717, 1.165) is 24.5 Å². The monoisotopic (exact) mass is 233 g/mol. The molecule has 0 unspecified atom stereocenters. The zero-order valence-corrected chi connectivity index (χ0v) is 8.51. The highest BCUT2D eigenvalue weighted by Gasteiger charge is 2.12. The van der Waals surface area contributed by atoms with Gasteiger partial charge in [0.15, 0.2) is 0 Å². The minimum atomic E-state index is -3.50. The van der Waals surface area contributed by atoms with Crippen molar-refractivity contribution in [2.75, 3.05) is 11.0 Å². The summed E-state index contributed by atoms with van der Waals surface area (Å²) in [5, 5.41) is 8.57. The van der Waals surface area contributed by atoms with Crippen molar-refractivity contribution >= 4 is 21.7 Å². The summed E-state index contributed by atoms with van der Waals surface area (Å²) in [7, 11) is -3.50. The molecule has 1 aromatic carbocycles. The van der Waals surface area contributed by atoms with Crippen molar-refractivity contribution < 1.29 is 22.7 Å². The van der Waals surface area contributed by atoms with Crippen LogP contribution in [0.4, 0.5) is 10.1 Å². The van der Waals surface area contributed by atoms with Crippen LogP contribution >= 0.6 is 0 Å². The highest BCUT2D eigenvalue weighted by atomic mass is 32.2. The van der Waals surface area contributed by atoms with Crippen LogP contribution < -0.4 is 4.72 Å². The van der Waals surface area contributed by atoms with Crippen molar-refractivity contribution in [2.45, 2.75) is 0 Å². The van der Waals surface area contributed by atoms with Crippen LogP contribution in [0.3, 0.4) is 0 Å². The molecule has 0 amide bonds. The van der Waals surface area contributed by atoms with E-state index in [1.54, 1.807) is 0 Å². The van der Waals surface area contributed by atoms with E-state index in [0.29, 0.717) is 0 Å². The van der Waals surface area contributed by atoms with Gasteiger partial charge in [-0.15, -0.1) is 0 Å². The molecule has 0 aliphatic carbocycles. The molecule has 0 radical (unpaired) electrons. The molecule has 1 rings (SSSR count). The smallest absolute Gasteiger partial charge is 0.338 e. The van der Waals surface area contributed by atoms with E-state index in [4.69, 9.17) is 5.11 Å². The number of carboxylic acids is 1. The summed E-state index contributed by atoms with van der Waals surface area (Å²) in [6.45, 7) is 0. The third-order valence-electron chi connectivity index (χ3n) is 1.50. The zero-order chi connectivity index (χ0) is 11.6. The largest absolute Gasteiger partial charge is 0.478 e. The maximum Gasteiger partial charge on any atom is 0.338 e. The number of nitrogens with one attached hydrogen (secondary N) is 1. The van der Waals surface area contributed by atoms with Gasteiger partial charge in [0, 0.05) is 5.69 Å². The van der Waals surface area contributed by atoms with Crippen molar-refractivity contribution in [1.29, 1.82) is 0 Å². The number of carboxylic acid groups (broad SMARTS) is 1. The Labute approximate surface area is 85.6 Å². The Bertz CT molecular complexity index is 497. The molecule has 0 saturated heterocycles. The van der Waals surface area contributed by atoms with Crippen molar-refractivity contribution in [3.63, 3.8) is 0 Å². The van der Waals surface area contributed by atoms with E-state index in [9.17, 15) is 17.6 Å². The lowest BCUT2D eigenvalue weighted by molar-refractivity contribution is 0.0692. The summed E-state index contributed by atoms with van der Waals surface area (Å²) in [5.74, 6) is -2.37. The van der Waals surface area contributed by atoms with Crippen LogP contribution in [-0.2, 0) is 10.0 Å². The maximum atomic E-state index is 12.9. The molecule has 82 valence electrons. The van der Waals surface area contributed by atoms with E-state index in [2.05, 4.69) is 0 Å². The fraction of sp³-hybridized carbons (Fsp3) is 0.125. The molecule has 7 heteroatoms. The first-order valence-corrected chi connectivity index (χ1v) is 5.69. The maximum absolute atomic E-state index is 12.9.